The first-order valence-corrected chi connectivity index (χ1v) is 7.18. The second kappa shape index (κ2) is 4.37. The van der Waals surface area contributed by atoms with Gasteiger partial charge in [-0.25, -0.2) is 0 Å². The number of allylic oxidation sites excluding steroid dienone is 1. The Hall–Kier alpha value is -2.76. The Balaban J connectivity index is 1.72. The molecule has 112 valence electrons. The second-order valence-corrected chi connectivity index (χ2v) is 5.79. The summed E-state index contributed by atoms with van der Waals surface area (Å²) in [6.45, 7) is 1.49. The zero-order valence-electron chi connectivity index (χ0n) is 12.4. The van der Waals surface area contributed by atoms with Crippen LogP contribution >= 0.6 is 0 Å². The van der Waals surface area contributed by atoms with Crippen LogP contribution in [0.1, 0.15) is 18.1 Å². The van der Waals surface area contributed by atoms with Crippen molar-refractivity contribution in [3.63, 3.8) is 0 Å². The molecule has 1 aromatic carbocycles. The molecule has 0 bridgehead atoms. The third-order valence-corrected chi connectivity index (χ3v) is 4.25. The van der Waals surface area contributed by atoms with E-state index in [0.29, 0.717) is 0 Å². The molecule has 2 aliphatic heterocycles. The molecular weight excluding hydrogens is 280 g/mol. The van der Waals surface area contributed by atoms with Crippen molar-refractivity contribution in [3.05, 3.63) is 47.4 Å². The first-order chi connectivity index (χ1) is 10.5. The zero-order chi connectivity index (χ0) is 15.4. The van der Waals surface area contributed by atoms with Gasteiger partial charge in [0.15, 0.2) is 6.17 Å². The van der Waals surface area contributed by atoms with Crippen LogP contribution in [0.25, 0.3) is 5.70 Å². The summed E-state index contributed by atoms with van der Waals surface area (Å²) in [5.74, 6) is -0.113. The van der Waals surface area contributed by atoms with Crippen LogP contribution in [0.2, 0.25) is 0 Å². The molecule has 0 radical (unpaired) electrons. The van der Waals surface area contributed by atoms with Crippen molar-refractivity contribution in [2.45, 2.75) is 19.5 Å². The smallest absolute Gasteiger partial charge is 0.268 e. The van der Waals surface area contributed by atoms with Crippen LogP contribution in [-0.2, 0) is 16.0 Å². The number of hydrogen-bond acceptors (Lipinski definition) is 4. The van der Waals surface area contributed by atoms with Crippen molar-refractivity contribution in [3.8, 4) is 0 Å². The van der Waals surface area contributed by atoms with E-state index in [0.717, 1.165) is 34.6 Å². The average Bonchev–Trinajstić information content (AvgIpc) is 2.99. The molecule has 2 heterocycles. The zero-order valence-corrected chi connectivity index (χ0v) is 12.4. The van der Waals surface area contributed by atoms with E-state index in [9.17, 15) is 9.59 Å². The molecule has 0 fully saturated rings. The minimum atomic E-state index is -0.303. The topological polar surface area (TPSA) is 64.7 Å². The molecule has 0 aromatic heterocycles. The monoisotopic (exact) mass is 296 g/mol. The number of likely N-dealkylation sites (N-methyl/N-ethyl adjacent to an activating group) is 1. The number of amides is 2. The van der Waals surface area contributed by atoms with E-state index in [-0.39, 0.29) is 18.0 Å². The number of carbonyl (C=O) groups is 2. The van der Waals surface area contributed by atoms with E-state index >= 15 is 0 Å². The van der Waals surface area contributed by atoms with Crippen molar-refractivity contribution in [1.82, 2.24) is 15.1 Å². The van der Waals surface area contributed by atoms with Gasteiger partial charge in [0.25, 0.3) is 5.91 Å². The second-order valence-electron chi connectivity index (χ2n) is 5.79. The summed E-state index contributed by atoms with van der Waals surface area (Å²) in [6, 6.07) is 5.78. The standard InChI is InChI=1S/C16H16N4O2/c1-9(21)17-11-3-4-12-10(7-11)8-13-14(12)18-15(22)16-19(2)5-6-20(13)16/h3-7,16H,8H2,1-2H3,(H,17,21)(H,18,22). The van der Waals surface area contributed by atoms with Crippen LogP contribution in [0.15, 0.2) is 36.3 Å². The molecular formula is C16H16N4O2. The van der Waals surface area contributed by atoms with Crippen LogP contribution < -0.4 is 10.6 Å². The van der Waals surface area contributed by atoms with Gasteiger partial charge >= 0.3 is 0 Å². The molecule has 3 aliphatic rings. The highest BCUT2D eigenvalue weighted by Crippen LogP contribution is 2.39. The molecule has 22 heavy (non-hydrogen) atoms. The fourth-order valence-corrected chi connectivity index (χ4v) is 3.32. The molecule has 6 heteroatoms. The Morgan fingerprint density at radius 1 is 1.36 bits per heavy atom. The third kappa shape index (κ3) is 1.73. The lowest BCUT2D eigenvalue weighted by Gasteiger charge is -2.34. The van der Waals surface area contributed by atoms with Crippen LogP contribution in [0.3, 0.4) is 0 Å². The molecule has 2 amide bonds. The number of anilines is 1. The Labute approximate surface area is 128 Å². The molecule has 4 rings (SSSR count). The van der Waals surface area contributed by atoms with Gasteiger partial charge in [-0.05, 0) is 17.7 Å². The molecule has 1 aromatic rings. The van der Waals surface area contributed by atoms with Crippen molar-refractivity contribution in [2.24, 2.45) is 0 Å². The Kier molecular flexibility index (Phi) is 2.57. The molecule has 0 spiro atoms. The minimum Gasteiger partial charge on any atom is -0.351 e. The quantitative estimate of drug-likeness (QED) is 0.813. The highest BCUT2D eigenvalue weighted by molar-refractivity contribution is 5.96. The molecule has 1 atom stereocenters. The van der Waals surface area contributed by atoms with Crippen LogP contribution in [0.4, 0.5) is 5.69 Å². The predicted octanol–water partition coefficient (Wildman–Crippen LogP) is 1.04. The summed E-state index contributed by atoms with van der Waals surface area (Å²) in [4.78, 5) is 27.4. The SMILES string of the molecule is CC(=O)Nc1ccc2c(c1)CC1=C2NC(=O)C2N(C)C=CN12. The molecule has 6 nitrogen and oxygen atoms in total. The van der Waals surface area contributed by atoms with E-state index in [1.165, 1.54) is 6.92 Å². The summed E-state index contributed by atoms with van der Waals surface area (Å²) in [5, 5.41) is 5.82. The van der Waals surface area contributed by atoms with Gasteiger partial charge in [0.1, 0.15) is 0 Å². The van der Waals surface area contributed by atoms with Crippen molar-refractivity contribution >= 4 is 23.2 Å². The molecule has 1 aliphatic carbocycles. The molecule has 0 saturated carbocycles. The lowest BCUT2D eigenvalue weighted by molar-refractivity contribution is -0.127. The van der Waals surface area contributed by atoms with E-state index in [4.69, 9.17) is 0 Å². The number of nitrogens with zero attached hydrogens (tertiary/aromatic N) is 2. The van der Waals surface area contributed by atoms with Crippen LogP contribution in [-0.4, -0.2) is 34.8 Å². The highest BCUT2D eigenvalue weighted by Gasteiger charge is 2.41. The van der Waals surface area contributed by atoms with Crippen molar-refractivity contribution in [1.29, 1.82) is 0 Å². The fraction of sp³-hybridized carbons (Fsp3) is 0.250. The normalized spacial score (nSPS) is 21.5. The Morgan fingerprint density at radius 2 is 2.18 bits per heavy atom. The molecule has 0 saturated heterocycles. The first kappa shape index (κ1) is 12.9. The fourth-order valence-electron chi connectivity index (χ4n) is 3.32. The lowest BCUT2D eigenvalue weighted by Crippen LogP contribution is -2.52. The largest absolute Gasteiger partial charge is 0.351 e. The molecule has 1 unspecified atom stereocenters. The number of carbonyl (C=O) groups excluding carboxylic acids is 2. The Morgan fingerprint density at radius 3 is 2.95 bits per heavy atom. The number of rotatable bonds is 1. The van der Waals surface area contributed by atoms with Gasteiger partial charge in [0, 0.05) is 49.7 Å². The third-order valence-electron chi connectivity index (χ3n) is 4.25. The summed E-state index contributed by atoms with van der Waals surface area (Å²) in [7, 11) is 1.89. The maximum atomic E-state index is 12.3. The first-order valence-electron chi connectivity index (χ1n) is 7.18. The summed E-state index contributed by atoms with van der Waals surface area (Å²) in [6.07, 6.45) is 4.29. The van der Waals surface area contributed by atoms with Gasteiger partial charge in [0.2, 0.25) is 5.91 Å². The maximum absolute atomic E-state index is 12.3. The van der Waals surface area contributed by atoms with Gasteiger partial charge in [-0.1, -0.05) is 6.07 Å². The predicted molar refractivity (Wildman–Crippen MR) is 82.0 cm³/mol. The van der Waals surface area contributed by atoms with Gasteiger partial charge in [-0.2, -0.15) is 0 Å². The summed E-state index contributed by atoms with van der Waals surface area (Å²) < 4.78 is 0. The van der Waals surface area contributed by atoms with E-state index in [1.807, 2.05) is 47.4 Å². The lowest BCUT2D eigenvalue weighted by atomic mass is 10.1. The number of hydrogen-bond donors (Lipinski definition) is 2. The Bertz CT molecular complexity index is 765. The molecule has 2 N–H and O–H groups in total. The van der Waals surface area contributed by atoms with Crippen LogP contribution in [0.5, 0.6) is 0 Å². The summed E-state index contributed by atoms with van der Waals surface area (Å²) in [5.41, 5.74) is 4.90. The number of nitrogens with one attached hydrogen (secondary N) is 2. The maximum Gasteiger partial charge on any atom is 0.268 e. The van der Waals surface area contributed by atoms with Gasteiger partial charge < -0.3 is 20.4 Å². The minimum absolute atomic E-state index is 0.0231. The average molecular weight is 296 g/mol. The van der Waals surface area contributed by atoms with Gasteiger partial charge in [0.05, 0.1) is 5.70 Å². The van der Waals surface area contributed by atoms with E-state index in [1.54, 1.807) is 0 Å². The summed E-state index contributed by atoms with van der Waals surface area (Å²) >= 11 is 0. The number of fused-ring (bicyclic) bond motifs is 4. The van der Waals surface area contributed by atoms with Crippen molar-refractivity contribution < 1.29 is 9.59 Å². The van der Waals surface area contributed by atoms with Crippen LogP contribution in [0, 0.1) is 0 Å². The van der Waals surface area contributed by atoms with Gasteiger partial charge in [-0.3, -0.25) is 9.59 Å². The highest BCUT2D eigenvalue weighted by atomic mass is 16.2. The number of benzene rings is 1. The van der Waals surface area contributed by atoms with E-state index in [2.05, 4.69) is 10.6 Å². The van der Waals surface area contributed by atoms with Gasteiger partial charge in [-0.15, -0.1) is 0 Å². The van der Waals surface area contributed by atoms with E-state index < -0.39 is 0 Å². The van der Waals surface area contributed by atoms with Crippen molar-refractivity contribution in [2.75, 3.05) is 12.4 Å².